The molecule has 0 N–H and O–H groups in total. The van der Waals surface area contributed by atoms with Gasteiger partial charge in [0.25, 0.3) is 0 Å². The third-order valence-electron chi connectivity index (χ3n) is 2.20. The molecule has 2 aromatic heterocycles. The van der Waals surface area contributed by atoms with Crippen LogP contribution < -0.4 is 0 Å². The summed E-state index contributed by atoms with van der Waals surface area (Å²) in [5.74, 6) is 1.44. The lowest BCUT2D eigenvalue weighted by molar-refractivity contribution is 0.375. The van der Waals surface area contributed by atoms with Gasteiger partial charge in [0.2, 0.25) is 5.89 Å². The first-order valence-corrected chi connectivity index (χ1v) is 7.55. The van der Waals surface area contributed by atoms with Crippen LogP contribution in [-0.2, 0) is 16.6 Å². The number of thiophene rings is 1. The lowest BCUT2D eigenvalue weighted by Crippen LogP contribution is -2.05. The highest BCUT2D eigenvalue weighted by molar-refractivity contribution is 7.84. The van der Waals surface area contributed by atoms with E-state index >= 15 is 0 Å². The van der Waals surface area contributed by atoms with Crippen molar-refractivity contribution in [1.29, 1.82) is 0 Å². The van der Waals surface area contributed by atoms with Crippen LogP contribution in [0.4, 0.5) is 0 Å². The summed E-state index contributed by atoms with van der Waals surface area (Å²) in [5.41, 5.74) is 0. The maximum atomic E-state index is 12.1. The number of rotatable bonds is 4. The summed E-state index contributed by atoms with van der Waals surface area (Å²) in [7, 11) is -1.08. The molecular weight excluding hydrogens is 280 g/mol. The Morgan fingerprint density at radius 1 is 1.59 bits per heavy atom. The molecule has 0 unspecified atom stereocenters. The predicted octanol–water partition coefficient (Wildman–Crippen LogP) is 3.10. The highest BCUT2D eigenvalue weighted by atomic mass is 35.5. The third-order valence-corrected chi connectivity index (χ3v) is 5.20. The number of aryl methyl sites for hydroxylation is 1. The first-order chi connectivity index (χ1) is 8.06. The third kappa shape index (κ3) is 3.14. The molecule has 4 nitrogen and oxygen atoms in total. The van der Waals surface area contributed by atoms with Gasteiger partial charge in [-0.2, -0.15) is 4.98 Å². The molecule has 0 saturated heterocycles. The van der Waals surface area contributed by atoms with Crippen molar-refractivity contribution in [3.05, 3.63) is 33.1 Å². The molecule has 17 heavy (non-hydrogen) atoms. The molecule has 7 heteroatoms. The Morgan fingerprint density at radius 2 is 2.35 bits per heavy atom. The van der Waals surface area contributed by atoms with Gasteiger partial charge in [0.15, 0.2) is 5.82 Å². The average molecular weight is 291 g/mol. The Morgan fingerprint density at radius 3 is 2.88 bits per heavy atom. The zero-order valence-electron chi connectivity index (χ0n) is 9.34. The Balaban J connectivity index is 2.05. The Hall–Kier alpha value is -0.720. The maximum absolute atomic E-state index is 12.1. The summed E-state index contributed by atoms with van der Waals surface area (Å²) in [5, 5.41) is 3.43. The van der Waals surface area contributed by atoms with Crippen molar-refractivity contribution in [3.8, 4) is 0 Å². The van der Waals surface area contributed by atoms with Crippen LogP contribution in [0.5, 0.6) is 0 Å². The summed E-state index contributed by atoms with van der Waals surface area (Å²) < 4.78 is 17.8. The van der Waals surface area contributed by atoms with Crippen molar-refractivity contribution in [2.45, 2.75) is 24.9 Å². The van der Waals surface area contributed by atoms with E-state index in [9.17, 15) is 4.21 Å². The molecule has 92 valence electrons. The molecule has 0 aromatic carbocycles. The van der Waals surface area contributed by atoms with Crippen molar-refractivity contribution < 1.29 is 8.73 Å². The van der Waals surface area contributed by atoms with E-state index in [0.29, 0.717) is 21.8 Å². The maximum Gasteiger partial charge on any atom is 0.242 e. The standard InChI is InChI=1S/C10H11ClN2O2S2/c1-6(10-12-7(2)13-15-10)17(14)5-8-3-4-9(11)16-8/h3-4,6H,5H2,1-2H3/t6-,17+/m0/s1. The Kier molecular flexibility index (Phi) is 3.96. The molecule has 0 fully saturated rings. The quantitative estimate of drug-likeness (QED) is 0.868. The molecule has 0 aliphatic rings. The highest BCUT2D eigenvalue weighted by Gasteiger charge is 2.20. The van der Waals surface area contributed by atoms with Gasteiger partial charge in [0.1, 0.15) is 5.25 Å². The highest BCUT2D eigenvalue weighted by Crippen LogP contribution is 2.26. The van der Waals surface area contributed by atoms with Crippen LogP contribution in [0.25, 0.3) is 0 Å². The van der Waals surface area contributed by atoms with Crippen LogP contribution in [0.2, 0.25) is 4.34 Å². The first-order valence-electron chi connectivity index (χ1n) is 4.98. The van der Waals surface area contributed by atoms with Gasteiger partial charge >= 0.3 is 0 Å². The minimum Gasteiger partial charge on any atom is -0.338 e. The van der Waals surface area contributed by atoms with Crippen molar-refractivity contribution >= 4 is 33.7 Å². The van der Waals surface area contributed by atoms with E-state index < -0.39 is 10.8 Å². The van der Waals surface area contributed by atoms with Gasteiger partial charge in [-0.15, -0.1) is 11.3 Å². The predicted molar refractivity (Wildman–Crippen MR) is 68.6 cm³/mol. The number of hydrogen-bond donors (Lipinski definition) is 0. The summed E-state index contributed by atoms with van der Waals surface area (Å²) in [6.07, 6.45) is 0. The molecule has 0 aliphatic carbocycles. The van der Waals surface area contributed by atoms with E-state index in [-0.39, 0.29) is 5.25 Å². The zero-order valence-corrected chi connectivity index (χ0v) is 11.7. The molecule has 2 atom stereocenters. The van der Waals surface area contributed by atoms with E-state index in [4.69, 9.17) is 16.1 Å². The van der Waals surface area contributed by atoms with Gasteiger partial charge in [-0.25, -0.2) is 0 Å². The summed E-state index contributed by atoms with van der Waals surface area (Å²) in [6, 6.07) is 3.69. The van der Waals surface area contributed by atoms with Crippen molar-refractivity contribution in [2.75, 3.05) is 0 Å². The molecule has 2 rings (SSSR count). The van der Waals surface area contributed by atoms with Gasteiger partial charge in [-0.05, 0) is 26.0 Å². The largest absolute Gasteiger partial charge is 0.338 e. The topological polar surface area (TPSA) is 56.0 Å². The fourth-order valence-corrected chi connectivity index (χ4v) is 3.70. The second kappa shape index (κ2) is 5.29. The van der Waals surface area contributed by atoms with E-state index in [1.165, 1.54) is 11.3 Å². The van der Waals surface area contributed by atoms with Crippen LogP contribution in [-0.4, -0.2) is 14.3 Å². The lowest BCUT2D eigenvalue weighted by Gasteiger charge is -2.05. The second-order valence-electron chi connectivity index (χ2n) is 3.55. The van der Waals surface area contributed by atoms with Crippen LogP contribution in [0.1, 0.15) is 28.8 Å². The number of hydrogen-bond acceptors (Lipinski definition) is 5. The summed E-state index contributed by atoms with van der Waals surface area (Å²) >= 11 is 7.26. The van der Waals surface area contributed by atoms with E-state index in [2.05, 4.69) is 10.1 Å². The monoisotopic (exact) mass is 290 g/mol. The summed E-state index contributed by atoms with van der Waals surface area (Å²) in [6.45, 7) is 3.56. The molecule has 0 spiro atoms. The van der Waals surface area contributed by atoms with Crippen molar-refractivity contribution in [1.82, 2.24) is 10.1 Å². The molecule has 2 heterocycles. The fourth-order valence-electron chi connectivity index (χ4n) is 1.29. The van der Waals surface area contributed by atoms with Crippen LogP contribution >= 0.6 is 22.9 Å². The Labute approximate surface area is 110 Å². The van der Waals surface area contributed by atoms with Crippen LogP contribution in [0.15, 0.2) is 16.7 Å². The fraction of sp³-hybridized carbons (Fsp3) is 0.400. The van der Waals surface area contributed by atoms with Gasteiger partial charge in [-0.1, -0.05) is 16.8 Å². The van der Waals surface area contributed by atoms with Gasteiger partial charge < -0.3 is 4.52 Å². The minimum atomic E-state index is -1.08. The van der Waals surface area contributed by atoms with Crippen LogP contribution in [0.3, 0.4) is 0 Å². The lowest BCUT2D eigenvalue weighted by atomic mass is 10.5. The van der Waals surface area contributed by atoms with Gasteiger partial charge in [-0.3, -0.25) is 4.21 Å². The van der Waals surface area contributed by atoms with E-state index in [1.807, 2.05) is 13.0 Å². The van der Waals surface area contributed by atoms with Crippen molar-refractivity contribution in [2.24, 2.45) is 0 Å². The normalized spacial score (nSPS) is 14.8. The molecule has 2 aromatic rings. The second-order valence-corrected chi connectivity index (χ2v) is 7.11. The van der Waals surface area contributed by atoms with Gasteiger partial charge in [0, 0.05) is 15.7 Å². The van der Waals surface area contributed by atoms with Crippen LogP contribution in [0, 0.1) is 6.92 Å². The average Bonchev–Trinajstić information content (AvgIpc) is 2.87. The van der Waals surface area contributed by atoms with Gasteiger partial charge in [0.05, 0.1) is 10.1 Å². The van der Waals surface area contributed by atoms with E-state index in [0.717, 1.165) is 4.88 Å². The Bertz CT molecular complexity index is 538. The molecule has 0 amide bonds. The molecule has 0 radical (unpaired) electrons. The number of aromatic nitrogens is 2. The van der Waals surface area contributed by atoms with E-state index in [1.54, 1.807) is 13.0 Å². The smallest absolute Gasteiger partial charge is 0.242 e. The summed E-state index contributed by atoms with van der Waals surface area (Å²) in [4.78, 5) is 5.08. The van der Waals surface area contributed by atoms with Crippen molar-refractivity contribution in [3.63, 3.8) is 0 Å². The molecule has 0 saturated carbocycles. The zero-order chi connectivity index (χ0) is 12.4. The molecule has 0 aliphatic heterocycles. The SMILES string of the molecule is Cc1noc([C@H](C)[S@](=O)Cc2ccc(Cl)s2)n1. The molecule has 0 bridgehead atoms. The minimum absolute atomic E-state index is 0.267. The number of halogens is 1. The first kappa shape index (κ1) is 12.7. The number of nitrogens with zero attached hydrogens (tertiary/aromatic N) is 2. The molecular formula is C10H11ClN2O2S2.